The van der Waals surface area contributed by atoms with E-state index in [0.29, 0.717) is 0 Å². The van der Waals surface area contributed by atoms with Gasteiger partial charge in [0.05, 0.1) is 27.8 Å². The second kappa shape index (κ2) is 13.4. The van der Waals surface area contributed by atoms with E-state index in [-0.39, 0.29) is 6.71 Å². The molecule has 0 amide bonds. The highest BCUT2D eigenvalue weighted by Crippen LogP contribution is 2.51. The van der Waals surface area contributed by atoms with Gasteiger partial charge in [-0.3, -0.25) is 0 Å². The van der Waals surface area contributed by atoms with Crippen LogP contribution in [0.3, 0.4) is 0 Å². The Morgan fingerprint density at radius 3 is 1.59 bits per heavy atom. The van der Waals surface area contributed by atoms with Gasteiger partial charge in [-0.1, -0.05) is 182 Å². The second-order valence-electron chi connectivity index (χ2n) is 18.8. The van der Waals surface area contributed by atoms with Crippen LogP contribution in [-0.4, -0.2) is 15.8 Å². The molecular formula is C64H38BN3. The zero-order valence-electron chi connectivity index (χ0n) is 36.9. The highest BCUT2D eigenvalue weighted by Gasteiger charge is 2.44. The SMILES string of the molecule is c1ccc(-c2ccc(N3c4ccc(-c5ccccc5)cc4B4c5c3cc(-n3c6ccccc6c6ccccc63)cc5-n3c5cccc6c5c5c7c(cccc7cc4c53)-c3ccccc3-6)cc2)cc1. The summed E-state index contributed by atoms with van der Waals surface area (Å²) in [5, 5.41) is 7.80. The average Bonchev–Trinajstić information content (AvgIpc) is 3.90. The third-order valence-electron chi connectivity index (χ3n) is 15.4. The predicted molar refractivity (Wildman–Crippen MR) is 287 cm³/mol. The van der Waals surface area contributed by atoms with E-state index in [4.69, 9.17) is 0 Å². The fourth-order valence-corrected chi connectivity index (χ4v) is 12.7. The Hall–Kier alpha value is -8.86. The Balaban J connectivity index is 1.09. The third kappa shape index (κ3) is 4.73. The molecule has 3 aliphatic rings. The lowest BCUT2D eigenvalue weighted by molar-refractivity contribution is 1.13. The van der Waals surface area contributed by atoms with Crippen LogP contribution < -0.4 is 21.3 Å². The van der Waals surface area contributed by atoms with Crippen LogP contribution in [0.1, 0.15) is 0 Å². The van der Waals surface area contributed by atoms with Gasteiger partial charge < -0.3 is 14.0 Å². The molecule has 16 rings (SSSR count). The van der Waals surface area contributed by atoms with Crippen molar-refractivity contribution in [3.05, 3.63) is 231 Å². The molecule has 4 heterocycles. The van der Waals surface area contributed by atoms with Crippen molar-refractivity contribution in [3.8, 4) is 55.9 Å². The monoisotopic (exact) mass is 859 g/mol. The average molecular weight is 860 g/mol. The molecule has 0 saturated carbocycles. The minimum atomic E-state index is -0.0512. The first-order chi connectivity index (χ1) is 33.8. The van der Waals surface area contributed by atoms with Gasteiger partial charge in [0.25, 0.3) is 6.71 Å². The van der Waals surface area contributed by atoms with Gasteiger partial charge in [0.1, 0.15) is 0 Å². The van der Waals surface area contributed by atoms with Crippen LogP contribution in [0.4, 0.5) is 17.1 Å². The molecule has 3 nitrogen and oxygen atoms in total. The molecular weight excluding hydrogens is 822 g/mol. The van der Waals surface area contributed by atoms with Crippen molar-refractivity contribution in [2.45, 2.75) is 0 Å². The van der Waals surface area contributed by atoms with Crippen molar-refractivity contribution >= 4 is 94.5 Å². The topological polar surface area (TPSA) is 13.1 Å². The summed E-state index contributed by atoms with van der Waals surface area (Å²) in [6.45, 7) is -0.0512. The summed E-state index contributed by atoms with van der Waals surface area (Å²) in [6, 6.07) is 86.4. The molecule has 0 unspecified atom stereocenters. The Bertz CT molecular complexity index is 4260. The molecule has 2 aliphatic heterocycles. The third-order valence-corrected chi connectivity index (χ3v) is 15.4. The summed E-state index contributed by atoms with van der Waals surface area (Å²) in [5.41, 5.74) is 24.8. The minimum Gasteiger partial charge on any atom is -0.311 e. The highest BCUT2D eigenvalue weighted by molar-refractivity contribution is 7.00. The number of para-hydroxylation sites is 2. The molecule has 0 N–H and O–H groups in total. The van der Waals surface area contributed by atoms with Gasteiger partial charge in [-0.25, -0.2) is 0 Å². The second-order valence-corrected chi connectivity index (χ2v) is 18.8. The number of hydrogen-bond donors (Lipinski definition) is 0. The van der Waals surface area contributed by atoms with E-state index in [2.05, 4.69) is 245 Å². The number of hydrogen-bond acceptors (Lipinski definition) is 1. The van der Waals surface area contributed by atoms with Crippen molar-refractivity contribution in [2.24, 2.45) is 0 Å². The lowest BCUT2D eigenvalue weighted by atomic mass is 9.33. The van der Waals surface area contributed by atoms with Crippen LogP contribution in [0.25, 0.3) is 110 Å². The lowest BCUT2D eigenvalue weighted by Crippen LogP contribution is -2.60. The van der Waals surface area contributed by atoms with E-state index >= 15 is 0 Å². The molecule has 68 heavy (non-hydrogen) atoms. The first kappa shape index (κ1) is 36.4. The summed E-state index contributed by atoms with van der Waals surface area (Å²) in [6.07, 6.45) is 0. The summed E-state index contributed by atoms with van der Waals surface area (Å²) in [4.78, 5) is 2.56. The zero-order chi connectivity index (χ0) is 44.2. The predicted octanol–water partition coefficient (Wildman–Crippen LogP) is 14.6. The smallest absolute Gasteiger partial charge is 0.252 e. The number of benzene rings is 11. The Morgan fingerprint density at radius 1 is 0.309 bits per heavy atom. The van der Waals surface area contributed by atoms with Crippen LogP contribution >= 0.6 is 0 Å². The summed E-state index contributed by atoms with van der Waals surface area (Å²) < 4.78 is 5.16. The minimum absolute atomic E-state index is 0.0512. The maximum atomic E-state index is 2.66. The van der Waals surface area contributed by atoms with E-state index in [1.54, 1.807) is 0 Å². The van der Waals surface area contributed by atoms with Crippen molar-refractivity contribution in [1.29, 1.82) is 0 Å². The van der Waals surface area contributed by atoms with E-state index in [9.17, 15) is 0 Å². The number of rotatable bonds is 4. The van der Waals surface area contributed by atoms with Gasteiger partial charge in [0, 0.05) is 44.3 Å². The first-order valence-corrected chi connectivity index (χ1v) is 23.7. The molecule has 4 heteroatoms. The zero-order valence-corrected chi connectivity index (χ0v) is 36.9. The highest BCUT2D eigenvalue weighted by atomic mass is 15.2. The molecule has 1 aliphatic carbocycles. The standard InChI is InChI=1S/C64H38BN3/c1-3-15-39(16-4-1)41-29-32-44(33-30-41)66-56-34-31-42(40-17-5-2-6-18-40)35-52(56)65-53-36-43-19-13-24-50-46-20-7-8-21-47(46)51-25-14-28-57-61(51)62(60(43)50)64(53)68(57)59-38-45(37-58(66)63(59)65)67-54-26-11-9-22-48(54)49-23-10-12-27-55(49)67/h1-38H. The number of fused-ring (bicyclic) bond motifs is 11. The summed E-state index contributed by atoms with van der Waals surface area (Å²) in [5.74, 6) is 0. The van der Waals surface area contributed by atoms with Crippen LogP contribution in [0.5, 0.6) is 0 Å². The molecule has 0 spiro atoms. The molecule has 0 saturated heterocycles. The number of aromatic nitrogens is 2. The van der Waals surface area contributed by atoms with Gasteiger partial charge in [0.2, 0.25) is 0 Å². The summed E-state index contributed by atoms with van der Waals surface area (Å²) >= 11 is 0. The van der Waals surface area contributed by atoms with Gasteiger partial charge in [0.15, 0.2) is 0 Å². The van der Waals surface area contributed by atoms with Crippen LogP contribution in [0, 0.1) is 0 Å². The fraction of sp³-hybridized carbons (Fsp3) is 0. The molecule has 13 aromatic rings. The summed E-state index contributed by atoms with van der Waals surface area (Å²) in [7, 11) is 0. The molecule has 2 aromatic heterocycles. The van der Waals surface area contributed by atoms with E-state index in [1.165, 1.54) is 132 Å². The number of anilines is 3. The Kier molecular flexibility index (Phi) is 7.15. The lowest BCUT2D eigenvalue weighted by Gasteiger charge is -2.41. The van der Waals surface area contributed by atoms with Gasteiger partial charge in [-0.15, -0.1) is 0 Å². The fourth-order valence-electron chi connectivity index (χ4n) is 12.7. The Morgan fingerprint density at radius 2 is 0.868 bits per heavy atom. The van der Waals surface area contributed by atoms with Gasteiger partial charge >= 0.3 is 0 Å². The van der Waals surface area contributed by atoms with E-state index < -0.39 is 0 Å². The van der Waals surface area contributed by atoms with Crippen molar-refractivity contribution in [2.75, 3.05) is 4.90 Å². The maximum absolute atomic E-state index is 2.66. The maximum Gasteiger partial charge on any atom is 0.252 e. The normalized spacial score (nSPS) is 12.9. The molecule has 0 radical (unpaired) electrons. The largest absolute Gasteiger partial charge is 0.311 e. The van der Waals surface area contributed by atoms with Crippen LogP contribution in [-0.2, 0) is 0 Å². The van der Waals surface area contributed by atoms with E-state index in [1.807, 2.05) is 0 Å². The van der Waals surface area contributed by atoms with Crippen molar-refractivity contribution < 1.29 is 0 Å². The van der Waals surface area contributed by atoms with Gasteiger partial charge in [-0.2, -0.15) is 0 Å². The number of nitrogens with zero attached hydrogens (tertiary/aromatic N) is 3. The molecule has 11 aromatic carbocycles. The quantitative estimate of drug-likeness (QED) is 0.161. The molecule has 0 bridgehead atoms. The van der Waals surface area contributed by atoms with Crippen molar-refractivity contribution in [1.82, 2.24) is 9.13 Å². The van der Waals surface area contributed by atoms with Gasteiger partial charge in [-0.05, 0) is 120 Å². The molecule has 0 fully saturated rings. The molecule has 312 valence electrons. The van der Waals surface area contributed by atoms with E-state index in [0.717, 1.165) is 11.4 Å². The van der Waals surface area contributed by atoms with Crippen LogP contribution in [0.15, 0.2) is 231 Å². The Labute approximate surface area is 393 Å². The first-order valence-electron chi connectivity index (χ1n) is 23.7. The molecule has 0 atom stereocenters. The van der Waals surface area contributed by atoms with Crippen LogP contribution in [0.2, 0.25) is 0 Å². The van der Waals surface area contributed by atoms with Crippen molar-refractivity contribution in [3.63, 3.8) is 0 Å².